The number of urea groups is 1. The van der Waals surface area contributed by atoms with E-state index >= 15 is 0 Å². The van der Waals surface area contributed by atoms with Gasteiger partial charge in [-0.1, -0.05) is 12.8 Å². The number of hydrogen-bond acceptors (Lipinski definition) is 3. The van der Waals surface area contributed by atoms with Crippen LogP contribution in [0.4, 0.5) is 4.79 Å². The molecule has 2 fully saturated rings. The van der Waals surface area contributed by atoms with Crippen LogP contribution >= 0.6 is 0 Å². The first kappa shape index (κ1) is 12.9. The number of imide groups is 1. The van der Waals surface area contributed by atoms with Crippen molar-refractivity contribution in [3.8, 4) is 0 Å². The Bertz CT molecular complexity index is 364. The van der Waals surface area contributed by atoms with Crippen LogP contribution in [0.2, 0.25) is 0 Å². The zero-order valence-electron chi connectivity index (χ0n) is 10.5. The van der Waals surface area contributed by atoms with Gasteiger partial charge in [0.05, 0.1) is 5.92 Å². The highest BCUT2D eigenvalue weighted by molar-refractivity contribution is 6.00. The summed E-state index contributed by atoms with van der Waals surface area (Å²) < 4.78 is 0. The standard InChI is InChI=1S/C12H19N3O3/c1-7-9(11(17)15-12(18)13-7)6-10(16)14-8-4-2-3-5-8/h7-9H,2-6H2,1H3,(H,14,16)(H2,13,15,17,18). The van der Waals surface area contributed by atoms with Gasteiger partial charge in [0.2, 0.25) is 11.8 Å². The molecule has 3 N–H and O–H groups in total. The first-order chi connectivity index (χ1) is 8.56. The monoisotopic (exact) mass is 253 g/mol. The second kappa shape index (κ2) is 5.37. The molecule has 0 spiro atoms. The maximum atomic E-state index is 11.8. The van der Waals surface area contributed by atoms with Crippen molar-refractivity contribution < 1.29 is 14.4 Å². The predicted molar refractivity (Wildman–Crippen MR) is 64.6 cm³/mol. The van der Waals surface area contributed by atoms with Crippen LogP contribution in [-0.4, -0.2) is 29.9 Å². The number of carbonyl (C=O) groups excluding carboxylic acids is 3. The first-order valence-corrected chi connectivity index (χ1v) is 6.47. The number of rotatable bonds is 3. The smallest absolute Gasteiger partial charge is 0.321 e. The van der Waals surface area contributed by atoms with Crippen LogP contribution in [0.1, 0.15) is 39.0 Å². The molecule has 0 aromatic rings. The van der Waals surface area contributed by atoms with Gasteiger partial charge in [-0.15, -0.1) is 0 Å². The van der Waals surface area contributed by atoms with E-state index in [1.165, 1.54) is 0 Å². The molecule has 4 amide bonds. The van der Waals surface area contributed by atoms with Gasteiger partial charge in [-0.05, 0) is 19.8 Å². The summed E-state index contributed by atoms with van der Waals surface area (Å²) in [6.45, 7) is 1.74. The minimum Gasteiger partial charge on any atom is -0.353 e. The van der Waals surface area contributed by atoms with Gasteiger partial charge in [0.1, 0.15) is 0 Å². The molecule has 2 atom stereocenters. The number of hydrogen-bond donors (Lipinski definition) is 3. The number of amides is 4. The fourth-order valence-electron chi connectivity index (χ4n) is 2.60. The first-order valence-electron chi connectivity index (χ1n) is 6.47. The molecule has 6 heteroatoms. The lowest BCUT2D eigenvalue weighted by Gasteiger charge is -2.28. The van der Waals surface area contributed by atoms with Gasteiger partial charge in [-0.3, -0.25) is 14.9 Å². The third-order valence-corrected chi connectivity index (χ3v) is 3.66. The molecule has 1 aliphatic carbocycles. The van der Waals surface area contributed by atoms with E-state index in [1.807, 2.05) is 0 Å². The van der Waals surface area contributed by atoms with E-state index in [1.54, 1.807) is 6.92 Å². The van der Waals surface area contributed by atoms with Crippen molar-refractivity contribution in [2.45, 2.75) is 51.1 Å². The average molecular weight is 253 g/mol. The van der Waals surface area contributed by atoms with E-state index in [0.29, 0.717) is 0 Å². The highest BCUT2D eigenvalue weighted by Crippen LogP contribution is 2.19. The fraction of sp³-hybridized carbons (Fsp3) is 0.750. The summed E-state index contributed by atoms with van der Waals surface area (Å²) in [7, 11) is 0. The Kier molecular flexibility index (Phi) is 3.84. The molecule has 6 nitrogen and oxygen atoms in total. The van der Waals surface area contributed by atoms with E-state index < -0.39 is 11.9 Å². The molecule has 0 aromatic carbocycles. The van der Waals surface area contributed by atoms with Gasteiger partial charge in [0.15, 0.2) is 0 Å². The summed E-state index contributed by atoms with van der Waals surface area (Å²) in [5, 5.41) is 7.74. The quantitative estimate of drug-likeness (QED) is 0.675. The maximum absolute atomic E-state index is 11.8. The van der Waals surface area contributed by atoms with Gasteiger partial charge in [0.25, 0.3) is 0 Å². The molecular formula is C12H19N3O3. The molecule has 0 bridgehead atoms. The molecule has 1 heterocycles. The molecule has 0 radical (unpaired) electrons. The highest BCUT2D eigenvalue weighted by atomic mass is 16.2. The van der Waals surface area contributed by atoms with Crippen molar-refractivity contribution in [2.24, 2.45) is 5.92 Å². The second-order valence-electron chi connectivity index (χ2n) is 5.11. The third kappa shape index (κ3) is 3.00. The predicted octanol–water partition coefficient (Wildman–Crippen LogP) is 0.279. The SMILES string of the molecule is CC1NC(=O)NC(=O)C1CC(=O)NC1CCCC1. The number of nitrogens with one attached hydrogen (secondary N) is 3. The van der Waals surface area contributed by atoms with E-state index in [0.717, 1.165) is 25.7 Å². The number of carbonyl (C=O) groups is 3. The molecule has 1 aliphatic heterocycles. The fourth-order valence-corrected chi connectivity index (χ4v) is 2.60. The van der Waals surface area contributed by atoms with Crippen LogP contribution < -0.4 is 16.0 Å². The Morgan fingerprint density at radius 3 is 2.61 bits per heavy atom. The summed E-state index contributed by atoms with van der Waals surface area (Å²) in [6, 6.07) is -0.533. The Labute approximate surface area is 106 Å². The third-order valence-electron chi connectivity index (χ3n) is 3.66. The van der Waals surface area contributed by atoms with Gasteiger partial charge in [-0.25, -0.2) is 4.79 Å². The topological polar surface area (TPSA) is 87.3 Å². The van der Waals surface area contributed by atoms with Crippen molar-refractivity contribution in [3.05, 3.63) is 0 Å². The van der Waals surface area contributed by atoms with Crippen molar-refractivity contribution >= 4 is 17.8 Å². The lowest BCUT2D eigenvalue weighted by Crippen LogP contribution is -2.58. The van der Waals surface area contributed by atoms with E-state index in [2.05, 4.69) is 16.0 Å². The van der Waals surface area contributed by atoms with Gasteiger partial charge < -0.3 is 10.6 Å². The molecule has 2 rings (SSSR count). The van der Waals surface area contributed by atoms with Gasteiger partial charge in [0, 0.05) is 18.5 Å². The summed E-state index contributed by atoms with van der Waals surface area (Å²) in [5.41, 5.74) is 0. The van der Waals surface area contributed by atoms with E-state index in [-0.39, 0.29) is 30.3 Å². The van der Waals surface area contributed by atoms with E-state index in [4.69, 9.17) is 0 Å². The summed E-state index contributed by atoms with van der Waals surface area (Å²) in [6.07, 6.45) is 4.48. The normalized spacial score (nSPS) is 28.7. The molecular weight excluding hydrogens is 234 g/mol. The summed E-state index contributed by atoms with van der Waals surface area (Å²) in [5.74, 6) is -0.957. The van der Waals surface area contributed by atoms with Crippen molar-refractivity contribution in [1.82, 2.24) is 16.0 Å². The van der Waals surface area contributed by atoms with Crippen molar-refractivity contribution in [1.29, 1.82) is 0 Å². The van der Waals surface area contributed by atoms with Crippen LogP contribution in [0.25, 0.3) is 0 Å². The molecule has 2 unspecified atom stereocenters. The zero-order valence-corrected chi connectivity index (χ0v) is 10.5. The molecule has 100 valence electrons. The summed E-state index contributed by atoms with van der Waals surface area (Å²) >= 11 is 0. The molecule has 2 aliphatic rings. The molecule has 0 aromatic heterocycles. The van der Waals surface area contributed by atoms with Crippen molar-refractivity contribution in [2.75, 3.05) is 0 Å². The second-order valence-corrected chi connectivity index (χ2v) is 5.11. The Hall–Kier alpha value is -1.59. The van der Waals surface area contributed by atoms with Crippen LogP contribution in [0, 0.1) is 5.92 Å². The van der Waals surface area contributed by atoms with Crippen LogP contribution in [-0.2, 0) is 9.59 Å². The maximum Gasteiger partial charge on any atom is 0.321 e. The highest BCUT2D eigenvalue weighted by Gasteiger charge is 2.34. The van der Waals surface area contributed by atoms with Crippen LogP contribution in [0.5, 0.6) is 0 Å². The lowest BCUT2D eigenvalue weighted by atomic mass is 9.94. The minimum atomic E-state index is -0.486. The van der Waals surface area contributed by atoms with Crippen molar-refractivity contribution in [3.63, 3.8) is 0 Å². The van der Waals surface area contributed by atoms with Gasteiger partial charge >= 0.3 is 6.03 Å². The van der Waals surface area contributed by atoms with Crippen LogP contribution in [0.15, 0.2) is 0 Å². The molecule has 18 heavy (non-hydrogen) atoms. The average Bonchev–Trinajstić information content (AvgIpc) is 2.76. The lowest BCUT2D eigenvalue weighted by molar-refractivity contribution is -0.131. The van der Waals surface area contributed by atoms with Gasteiger partial charge in [-0.2, -0.15) is 0 Å². The molecule has 1 saturated heterocycles. The summed E-state index contributed by atoms with van der Waals surface area (Å²) in [4.78, 5) is 34.5. The Balaban J connectivity index is 1.85. The minimum absolute atomic E-state index is 0.106. The largest absolute Gasteiger partial charge is 0.353 e. The Morgan fingerprint density at radius 1 is 1.33 bits per heavy atom. The van der Waals surface area contributed by atoms with Crippen LogP contribution in [0.3, 0.4) is 0 Å². The van der Waals surface area contributed by atoms with E-state index in [9.17, 15) is 14.4 Å². The molecule has 1 saturated carbocycles. The Morgan fingerprint density at radius 2 is 2.00 bits per heavy atom. The zero-order chi connectivity index (χ0) is 13.1.